The van der Waals surface area contributed by atoms with E-state index in [9.17, 15) is 4.79 Å². The van der Waals surface area contributed by atoms with E-state index in [4.69, 9.17) is 11.6 Å². The number of rotatable bonds is 3. The van der Waals surface area contributed by atoms with Crippen LogP contribution in [0.2, 0.25) is 5.02 Å². The van der Waals surface area contributed by atoms with Crippen molar-refractivity contribution in [3.63, 3.8) is 0 Å². The number of benzene rings is 2. The molecule has 1 saturated heterocycles. The summed E-state index contributed by atoms with van der Waals surface area (Å²) in [4.78, 5) is 16.7. The summed E-state index contributed by atoms with van der Waals surface area (Å²) in [5, 5.41) is 12.4. The number of hydrogen-bond acceptors (Lipinski definition) is 4. The van der Waals surface area contributed by atoms with Gasteiger partial charge in [0.1, 0.15) is 0 Å². The normalized spacial score (nSPS) is 14.4. The van der Waals surface area contributed by atoms with Crippen LogP contribution in [-0.2, 0) is 5.41 Å². The number of halogens is 1. The summed E-state index contributed by atoms with van der Waals surface area (Å²) in [6, 6.07) is 19.5. The lowest BCUT2D eigenvalue weighted by molar-refractivity contribution is 0.208. The van der Waals surface area contributed by atoms with Crippen LogP contribution in [0.25, 0.3) is 11.3 Å². The van der Waals surface area contributed by atoms with Crippen LogP contribution in [0.15, 0.2) is 60.7 Å². The first-order valence-corrected chi connectivity index (χ1v) is 11.2. The van der Waals surface area contributed by atoms with Crippen molar-refractivity contribution >= 4 is 29.1 Å². The maximum Gasteiger partial charge on any atom is 0.321 e. The largest absolute Gasteiger partial charge is 0.352 e. The molecule has 2 aromatic carbocycles. The van der Waals surface area contributed by atoms with E-state index in [1.807, 2.05) is 53.4 Å². The average molecular weight is 450 g/mol. The number of carbonyl (C=O) groups excluding carboxylic acids is 1. The minimum atomic E-state index is -0.0756. The van der Waals surface area contributed by atoms with Crippen LogP contribution in [0.1, 0.15) is 26.3 Å². The van der Waals surface area contributed by atoms with Crippen LogP contribution in [0.5, 0.6) is 0 Å². The highest BCUT2D eigenvalue weighted by Crippen LogP contribution is 2.27. The molecule has 0 aliphatic carbocycles. The van der Waals surface area contributed by atoms with Gasteiger partial charge < -0.3 is 15.1 Å². The minimum absolute atomic E-state index is 0.0756. The van der Waals surface area contributed by atoms with Gasteiger partial charge in [0.25, 0.3) is 0 Å². The summed E-state index contributed by atoms with van der Waals surface area (Å²) in [6.45, 7) is 9.19. The zero-order chi connectivity index (χ0) is 22.7. The van der Waals surface area contributed by atoms with Gasteiger partial charge in [0.15, 0.2) is 5.82 Å². The first-order chi connectivity index (χ1) is 15.3. The molecular formula is C25H28ClN5O. The number of amides is 2. The van der Waals surface area contributed by atoms with Crippen LogP contribution in [0.4, 0.5) is 16.3 Å². The Balaban J connectivity index is 1.33. The van der Waals surface area contributed by atoms with Crippen molar-refractivity contribution in [2.45, 2.75) is 26.2 Å². The first-order valence-electron chi connectivity index (χ1n) is 10.8. The minimum Gasteiger partial charge on any atom is -0.352 e. The van der Waals surface area contributed by atoms with Gasteiger partial charge in [-0.1, -0.05) is 62.7 Å². The first kappa shape index (κ1) is 22.1. The lowest BCUT2D eigenvalue weighted by atomic mass is 9.87. The Morgan fingerprint density at radius 2 is 1.59 bits per heavy atom. The Bertz CT molecular complexity index is 1070. The molecule has 1 aliphatic heterocycles. The summed E-state index contributed by atoms with van der Waals surface area (Å²) in [5.41, 5.74) is 3.75. The molecular weight excluding hydrogens is 422 g/mol. The molecule has 6 nitrogen and oxygen atoms in total. The maximum absolute atomic E-state index is 12.7. The van der Waals surface area contributed by atoms with E-state index in [1.165, 1.54) is 5.56 Å². The van der Waals surface area contributed by atoms with Crippen LogP contribution in [0.3, 0.4) is 0 Å². The van der Waals surface area contributed by atoms with Crippen LogP contribution < -0.4 is 10.2 Å². The van der Waals surface area contributed by atoms with Crippen molar-refractivity contribution in [1.82, 2.24) is 15.1 Å². The second-order valence-corrected chi connectivity index (χ2v) is 9.40. The topological polar surface area (TPSA) is 61.4 Å². The predicted molar refractivity (Wildman–Crippen MR) is 130 cm³/mol. The van der Waals surface area contributed by atoms with E-state index < -0.39 is 0 Å². The number of hydrogen-bond donors (Lipinski definition) is 1. The molecule has 0 saturated carbocycles. The lowest BCUT2D eigenvalue weighted by Gasteiger charge is -2.35. The van der Waals surface area contributed by atoms with E-state index in [0.717, 1.165) is 22.8 Å². The predicted octanol–water partition coefficient (Wildman–Crippen LogP) is 5.45. The lowest BCUT2D eigenvalue weighted by Crippen LogP contribution is -2.50. The molecule has 0 spiro atoms. The molecule has 0 unspecified atom stereocenters. The monoisotopic (exact) mass is 449 g/mol. The zero-order valence-corrected chi connectivity index (χ0v) is 19.4. The summed E-state index contributed by atoms with van der Waals surface area (Å²) in [5.74, 6) is 0.804. The standard InChI is InChI=1S/C25H28ClN5O/c1-25(2,3)18-8-10-19(11-9-18)27-24(32)31-16-14-30(15-17-31)23-13-12-22(28-29-23)20-6-4-5-7-21(20)26/h4-13H,14-17H2,1-3H3,(H,27,32). The molecule has 4 rings (SSSR count). The summed E-state index contributed by atoms with van der Waals surface area (Å²) in [6.07, 6.45) is 0. The highest BCUT2D eigenvalue weighted by molar-refractivity contribution is 6.33. The molecule has 3 aromatic rings. The molecule has 32 heavy (non-hydrogen) atoms. The van der Waals surface area contributed by atoms with E-state index in [-0.39, 0.29) is 11.4 Å². The molecule has 0 atom stereocenters. The SMILES string of the molecule is CC(C)(C)c1ccc(NC(=O)N2CCN(c3ccc(-c4ccccc4Cl)nn3)CC2)cc1. The number of piperazine rings is 1. The number of aromatic nitrogens is 2. The van der Waals surface area contributed by atoms with Crippen molar-refractivity contribution in [3.8, 4) is 11.3 Å². The third kappa shape index (κ3) is 5.02. The summed E-state index contributed by atoms with van der Waals surface area (Å²) >= 11 is 6.26. The fourth-order valence-electron chi connectivity index (χ4n) is 3.70. The Hall–Kier alpha value is -3.12. The molecule has 2 heterocycles. The Labute approximate surface area is 194 Å². The molecule has 1 N–H and O–H groups in total. The Kier molecular flexibility index (Phi) is 6.33. The third-order valence-corrected chi connectivity index (χ3v) is 6.02. The molecule has 1 fully saturated rings. The van der Waals surface area contributed by atoms with Gasteiger partial charge in [0, 0.05) is 37.4 Å². The molecule has 7 heteroatoms. The van der Waals surface area contributed by atoms with Gasteiger partial charge in [-0.3, -0.25) is 0 Å². The van der Waals surface area contributed by atoms with Crippen molar-refractivity contribution < 1.29 is 4.79 Å². The zero-order valence-electron chi connectivity index (χ0n) is 18.7. The van der Waals surface area contributed by atoms with E-state index in [0.29, 0.717) is 31.2 Å². The maximum atomic E-state index is 12.7. The van der Waals surface area contributed by atoms with Gasteiger partial charge in [-0.2, -0.15) is 0 Å². The molecule has 2 amide bonds. The number of nitrogens with zero attached hydrogens (tertiary/aromatic N) is 4. The summed E-state index contributed by atoms with van der Waals surface area (Å²) < 4.78 is 0. The fraction of sp³-hybridized carbons (Fsp3) is 0.320. The third-order valence-electron chi connectivity index (χ3n) is 5.69. The van der Waals surface area contributed by atoms with Crippen molar-refractivity contribution in [3.05, 3.63) is 71.2 Å². The van der Waals surface area contributed by atoms with Gasteiger partial charge in [0.2, 0.25) is 0 Å². The van der Waals surface area contributed by atoms with E-state index in [1.54, 1.807) is 0 Å². The van der Waals surface area contributed by atoms with Crippen LogP contribution >= 0.6 is 11.6 Å². The van der Waals surface area contributed by atoms with Gasteiger partial charge in [-0.15, -0.1) is 10.2 Å². The summed E-state index contributed by atoms with van der Waals surface area (Å²) in [7, 11) is 0. The second-order valence-electron chi connectivity index (χ2n) is 8.99. The fourth-order valence-corrected chi connectivity index (χ4v) is 3.93. The van der Waals surface area contributed by atoms with Gasteiger partial charge in [0.05, 0.1) is 10.7 Å². The van der Waals surface area contributed by atoms with Crippen molar-refractivity contribution in [1.29, 1.82) is 0 Å². The van der Waals surface area contributed by atoms with E-state index in [2.05, 4.69) is 53.3 Å². The van der Waals surface area contributed by atoms with Crippen molar-refractivity contribution in [2.75, 3.05) is 36.4 Å². The highest BCUT2D eigenvalue weighted by atomic mass is 35.5. The molecule has 166 valence electrons. The molecule has 1 aromatic heterocycles. The number of anilines is 2. The van der Waals surface area contributed by atoms with Gasteiger partial charge in [-0.05, 0) is 41.3 Å². The highest BCUT2D eigenvalue weighted by Gasteiger charge is 2.22. The smallest absolute Gasteiger partial charge is 0.321 e. The van der Waals surface area contributed by atoms with Crippen LogP contribution in [-0.4, -0.2) is 47.3 Å². The van der Waals surface area contributed by atoms with Gasteiger partial charge >= 0.3 is 6.03 Å². The Morgan fingerprint density at radius 1 is 0.906 bits per heavy atom. The van der Waals surface area contributed by atoms with Crippen molar-refractivity contribution in [2.24, 2.45) is 0 Å². The Morgan fingerprint density at radius 3 is 2.19 bits per heavy atom. The molecule has 1 aliphatic rings. The molecule has 0 radical (unpaired) electrons. The second kappa shape index (κ2) is 9.17. The van der Waals surface area contributed by atoms with E-state index >= 15 is 0 Å². The average Bonchev–Trinajstić information content (AvgIpc) is 2.79. The van der Waals surface area contributed by atoms with Gasteiger partial charge in [-0.25, -0.2) is 4.79 Å². The number of urea groups is 1. The number of nitrogens with one attached hydrogen (secondary N) is 1. The quantitative estimate of drug-likeness (QED) is 0.577. The molecule has 0 bridgehead atoms. The number of carbonyl (C=O) groups is 1. The van der Waals surface area contributed by atoms with Crippen LogP contribution in [0, 0.1) is 0 Å².